The smallest absolute Gasteiger partial charge is 0.421 e. The summed E-state index contributed by atoms with van der Waals surface area (Å²) in [6, 6.07) is 0. The standard InChI is InChI=1S/2C10H22O5.4C4H6N2.4C2F6NO4S2.2Mg/c2*1-11-3-5-13-7-9-15-10-8-14-6-4-12-2;4*1-6-3-2-5-4-6;4*3-1(4,5)14(10,11)9-15(12,13)2(6,7)8;;/h2*3-10H2,1-2H3;4*2-4H,1H3;;;;;;/q;;;;;;4*-1;2*+2/p+4. The van der Waals surface area contributed by atoms with Gasteiger partial charge in [-0.3, -0.25) is 19.9 Å². The van der Waals surface area contributed by atoms with E-state index in [0.29, 0.717) is 106 Å². The van der Waals surface area contributed by atoms with Gasteiger partial charge in [0.25, 0.3) is 0 Å². The fourth-order valence-electron chi connectivity index (χ4n) is 3.96. The molecule has 0 spiro atoms. The third-order valence-electron chi connectivity index (χ3n) is 9.08. The summed E-state index contributed by atoms with van der Waals surface area (Å²) in [7, 11) is -39.3. The van der Waals surface area contributed by atoms with Gasteiger partial charge in [-0.15, -0.1) is 0 Å². The van der Waals surface area contributed by atoms with Crippen LogP contribution in [0.4, 0.5) is 105 Å². The number of H-pyrrole nitrogens is 4. The Morgan fingerprint density at radius 2 is 0.336 bits per heavy atom. The molecule has 680 valence electrons. The summed E-state index contributed by atoms with van der Waals surface area (Å²) in [4.78, 5) is 11.6. The average molecular weight is 1950 g/mol. The van der Waals surface area contributed by atoms with Gasteiger partial charge in [0.2, 0.25) is 25.3 Å². The normalized spacial score (nSPS) is 12.6. The van der Waals surface area contributed by atoms with E-state index >= 15 is 0 Å². The number of hydrogen-bond acceptors (Lipinski definition) is 26. The molecule has 0 fully saturated rings. The van der Waals surface area contributed by atoms with E-state index in [1.54, 1.807) is 28.4 Å². The van der Waals surface area contributed by atoms with Crippen molar-refractivity contribution in [1.82, 2.24) is 18.3 Å². The monoisotopic (exact) mass is 1940 g/mol. The topological polar surface area (TPSA) is 498 Å². The number of alkyl halides is 24. The van der Waals surface area contributed by atoms with E-state index in [2.05, 4.69) is 19.9 Å². The Kier molecular flexibility index (Phi) is 65.3. The van der Waals surface area contributed by atoms with Crippen LogP contribution in [0.1, 0.15) is 0 Å². The number of ether oxygens (including phenoxy) is 10. The van der Waals surface area contributed by atoms with Crippen LogP contribution in [0.25, 0.3) is 16.5 Å². The predicted molar refractivity (Wildman–Crippen MR) is 345 cm³/mol. The summed E-state index contributed by atoms with van der Waals surface area (Å²) in [5, 5.41) is 0. The molecule has 0 unspecified atom stereocenters. The molecule has 38 nitrogen and oxygen atoms in total. The number of halogens is 24. The minimum Gasteiger partial charge on any atom is -0.421 e. The summed E-state index contributed by atoms with van der Waals surface area (Å²) >= 11 is 0. The fraction of sp³-hybridized carbons (Fsp3) is 0.727. The van der Waals surface area contributed by atoms with Crippen LogP contribution >= 0.6 is 0 Å². The van der Waals surface area contributed by atoms with Gasteiger partial charge in [0.05, 0.1) is 134 Å². The molecule has 4 N–H and O–H groups in total. The van der Waals surface area contributed by atoms with Crippen LogP contribution < -0.4 is 19.9 Å². The molecule has 0 saturated heterocycles. The number of nitrogens with zero attached hydrogens (tertiary/aromatic N) is 8. The molecule has 4 aromatic rings. The SMILES string of the molecule is COCCOCCOCCOCCOC.COCCOCCOCCOCCOC.Cn1cc[nH+]c1.Cn1cc[nH+]c1.Cn1cc[nH+]c1.Cn1cc[nH+]c1.O=S(=O)([N-]S(=O)(=O)C(F)(F)F)C(F)(F)F.O=S(=O)([N-]S(=O)(=O)C(F)(F)F)C(F)(F)F.O=S(=O)([N-]S(=O)(=O)C(F)(F)F)C(F)(F)F.O=S(=O)([N-]S(=O)(=O)C(F)(F)F)C(F)(F)F.[Mg+2].[Mg+2]. The van der Waals surface area contributed by atoms with Crippen molar-refractivity contribution in [2.75, 3.05) is 134 Å². The Bertz CT molecular complexity index is 3390. The van der Waals surface area contributed by atoms with E-state index in [9.17, 15) is 173 Å². The van der Waals surface area contributed by atoms with Gasteiger partial charge in [-0.2, -0.15) is 105 Å². The number of aryl methyl sites for hydroxylation is 4. The summed E-state index contributed by atoms with van der Waals surface area (Å²) < 4.78 is 495. The second kappa shape index (κ2) is 59.5. The first-order valence-electron chi connectivity index (χ1n) is 28.0. The zero-order chi connectivity index (χ0) is 90.8. The molecule has 4 rings (SSSR count). The van der Waals surface area contributed by atoms with Gasteiger partial charge in [0.1, 0.15) is 49.6 Å². The Morgan fingerprint density at radius 1 is 0.233 bits per heavy atom. The third-order valence-corrected chi connectivity index (χ3v) is 20.0. The quantitative estimate of drug-likeness (QED) is 0.0383. The Balaban J connectivity index is -0.000000189. The molecule has 0 aromatic carbocycles. The fourth-order valence-corrected chi connectivity index (χ4v) is 10.8. The van der Waals surface area contributed by atoms with Crippen molar-refractivity contribution < 1.29 is 240 Å². The van der Waals surface area contributed by atoms with Crippen molar-refractivity contribution in [2.45, 2.75) is 44.1 Å². The first-order chi connectivity index (χ1) is 51.2. The molecule has 4 heterocycles. The summed E-state index contributed by atoms with van der Waals surface area (Å²) in [5.41, 5.74) is -49.6. The Labute approximate surface area is 678 Å². The molecule has 4 aromatic heterocycles. The zero-order valence-corrected chi connectivity index (χ0v) is 69.5. The summed E-state index contributed by atoms with van der Waals surface area (Å²) in [6.45, 7) is 9.73. The molecule has 72 heteroatoms. The second-order valence-corrected chi connectivity index (χ2v) is 32.1. The van der Waals surface area contributed by atoms with E-state index in [1.165, 1.54) is 0 Å². The number of hydrogen-bond donors (Lipinski definition) is 0. The largest absolute Gasteiger partial charge is 2.00 e. The number of imidazole rings is 4. The summed E-state index contributed by atoms with van der Waals surface area (Å²) in [6.07, 6.45) is 22.8. The third kappa shape index (κ3) is 62.8. The van der Waals surface area contributed by atoms with Crippen molar-refractivity contribution in [1.29, 1.82) is 0 Å². The van der Waals surface area contributed by atoms with Crippen LogP contribution in [0.3, 0.4) is 0 Å². The van der Waals surface area contributed by atoms with Gasteiger partial charge in [0, 0.05) is 28.4 Å². The number of methoxy groups -OCH3 is 4. The van der Waals surface area contributed by atoms with Crippen LogP contribution in [0, 0.1) is 0 Å². The molecule has 0 aliphatic rings. The van der Waals surface area contributed by atoms with E-state index in [0.717, 1.165) is 16.5 Å². The van der Waals surface area contributed by atoms with E-state index in [1.807, 2.05) is 121 Å². The van der Waals surface area contributed by atoms with Gasteiger partial charge in [-0.05, 0) is 0 Å². The maximum absolute atomic E-state index is 11.4. The maximum Gasteiger partial charge on any atom is 2.00 e. The second-order valence-electron chi connectivity index (χ2n) is 18.4. The molecular formula is C44H72F24Mg2N12O26S8+4. The van der Waals surface area contributed by atoms with E-state index in [4.69, 9.17) is 47.4 Å². The number of nitrogens with one attached hydrogen (secondary N) is 4. The first kappa shape index (κ1) is 127. The maximum atomic E-state index is 11.4. The minimum absolute atomic E-state index is 0. The van der Waals surface area contributed by atoms with Gasteiger partial charge >= 0.3 is 90.2 Å². The number of aromatic nitrogens is 8. The van der Waals surface area contributed by atoms with Gasteiger partial charge in [-0.25, -0.2) is 85.6 Å². The molecular weight excluding hydrogens is 1870 g/mol. The molecule has 0 aliphatic heterocycles. The average Bonchev–Trinajstić information content (AvgIpc) is 0.850. The number of sulfonamides is 8. The molecule has 116 heavy (non-hydrogen) atoms. The molecule has 0 saturated carbocycles. The van der Waals surface area contributed by atoms with Crippen LogP contribution in [-0.4, -0.2) is 310 Å². The van der Waals surface area contributed by atoms with E-state index < -0.39 is 124 Å². The van der Waals surface area contributed by atoms with Gasteiger partial charge < -0.3 is 63.9 Å². The first-order valence-corrected chi connectivity index (χ1v) is 39.6. The predicted octanol–water partition coefficient (Wildman–Crippen LogP) is 3.49. The van der Waals surface area contributed by atoms with Gasteiger partial charge in [-0.1, -0.05) is 0 Å². The number of rotatable bonds is 32. The van der Waals surface area contributed by atoms with Crippen LogP contribution in [-0.2, 0) is 156 Å². The molecule has 0 aliphatic carbocycles. The molecule has 0 amide bonds. The van der Waals surface area contributed by atoms with Crippen LogP contribution in [0.5, 0.6) is 0 Å². The van der Waals surface area contributed by atoms with Gasteiger partial charge in [0.15, 0.2) is 80.2 Å². The van der Waals surface area contributed by atoms with Crippen LogP contribution in [0.2, 0.25) is 0 Å². The van der Waals surface area contributed by atoms with Crippen LogP contribution in [0.15, 0.2) is 74.9 Å². The molecule has 0 atom stereocenters. The van der Waals surface area contributed by atoms with Crippen molar-refractivity contribution in [2.24, 2.45) is 28.2 Å². The summed E-state index contributed by atoms with van der Waals surface area (Å²) in [5.74, 6) is 0. The molecule has 0 radical (unpaired) electrons. The molecule has 0 bridgehead atoms. The van der Waals surface area contributed by atoms with Crippen molar-refractivity contribution >= 4 is 126 Å². The van der Waals surface area contributed by atoms with E-state index in [-0.39, 0.29) is 46.1 Å². The zero-order valence-electron chi connectivity index (χ0n) is 60.2. The Hall–Kier alpha value is -4.27. The minimum atomic E-state index is -6.72. The van der Waals surface area contributed by atoms with Crippen molar-refractivity contribution in [3.8, 4) is 0 Å². The van der Waals surface area contributed by atoms with Crippen molar-refractivity contribution in [3.05, 3.63) is 91.4 Å². The van der Waals surface area contributed by atoms with Crippen molar-refractivity contribution in [3.63, 3.8) is 0 Å². The Morgan fingerprint density at radius 3 is 0.397 bits per heavy atom. The number of aromatic amines is 4.